The number of nitrogens with zero attached hydrogens (tertiary/aromatic N) is 2. The van der Waals surface area contributed by atoms with Gasteiger partial charge in [0, 0.05) is 32.6 Å². The Labute approximate surface area is 139 Å². The largest absolute Gasteiger partial charge is 0.401 e. The molecule has 24 heavy (non-hydrogen) atoms. The highest BCUT2D eigenvalue weighted by Gasteiger charge is 2.33. The number of halogens is 3. The molecular weight excluding hydrogens is 345 g/mol. The van der Waals surface area contributed by atoms with Crippen LogP contribution in [-0.4, -0.2) is 68.8 Å². The molecule has 0 unspecified atom stereocenters. The van der Waals surface area contributed by atoms with Crippen LogP contribution in [-0.2, 0) is 14.6 Å². The quantitative estimate of drug-likeness (QED) is 0.796. The van der Waals surface area contributed by atoms with Crippen molar-refractivity contribution in [1.29, 1.82) is 0 Å². The first-order chi connectivity index (χ1) is 11.2. The van der Waals surface area contributed by atoms with Gasteiger partial charge in [0.05, 0.1) is 17.2 Å². The fourth-order valence-electron chi connectivity index (χ4n) is 2.53. The normalized spacial score (nSPS) is 17.0. The summed E-state index contributed by atoms with van der Waals surface area (Å²) in [7, 11) is -3.54. The molecule has 134 valence electrons. The number of sulfone groups is 1. The fourth-order valence-corrected chi connectivity index (χ4v) is 3.79. The lowest BCUT2D eigenvalue weighted by molar-refractivity contribution is -0.151. The van der Waals surface area contributed by atoms with Crippen LogP contribution in [0.1, 0.15) is 6.42 Å². The van der Waals surface area contributed by atoms with E-state index in [9.17, 15) is 26.4 Å². The second-order valence-electron chi connectivity index (χ2n) is 5.65. The molecule has 1 heterocycles. The third-order valence-corrected chi connectivity index (χ3v) is 5.55. The highest BCUT2D eigenvalue weighted by Crippen LogP contribution is 2.18. The number of carbonyl (C=O) groups is 1. The molecule has 0 radical (unpaired) electrons. The monoisotopic (exact) mass is 364 g/mol. The topological polar surface area (TPSA) is 57.7 Å². The van der Waals surface area contributed by atoms with Crippen molar-refractivity contribution in [3.05, 3.63) is 30.3 Å². The van der Waals surface area contributed by atoms with Gasteiger partial charge >= 0.3 is 6.18 Å². The Morgan fingerprint density at radius 2 is 1.62 bits per heavy atom. The van der Waals surface area contributed by atoms with Crippen molar-refractivity contribution in [3.8, 4) is 0 Å². The van der Waals surface area contributed by atoms with Gasteiger partial charge in [-0.25, -0.2) is 8.42 Å². The van der Waals surface area contributed by atoms with Gasteiger partial charge in [0.2, 0.25) is 5.91 Å². The Morgan fingerprint density at radius 3 is 2.17 bits per heavy atom. The summed E-state index contributed by atoms with van der Waals surface area (Å²) in [4.78, 5) is 14.9. The highest BCUT2D eigenvalue weighted by molar-refractivity contribution is 7.91. The summed E-state index contributed by atoms with van der Waals surface area (Å²) in [6.07, 6.45) is -4.42. The summed E-state index contributed by atoms with van der Waals surface area (Å²) in [5, 5.41) is 0. The minimum atomic E-state index is -4.25. The first-order valence-electron chi connectivity index (χ1n) is 7.52. The fraction of sp³-hybridized carbons (Fsp3) is 0.533. The lowest BCUT2D eigenvalue weighted by Gasteiger charge is -2.35. The molecule has 0 aliphatic carbocycles. The van der Waals surface area contributed by atoms with Gasteiger partial charge in [0.15, 0.2) is 9.84 Å². The van der Waals surface area contributed by atoms with Crippen molar-refractivity contribution >= 4 is 15.7 Å². The number of amides is 1. The summed E-state index contributed by atoms with van der Waals surface area (Å²) in [6.45, 7) is -0.356. The Bertz CT molecular complexity index is 654. The maximum absolute atomic E-state index is 12.3. The van der Waals surface area contributed by atoms with E-state index in [4.69, 9.17) is 0 Å². The molecule has 0 N–H and O–H groups in total. The number of hydrogen-bond acceptors (Lipinski definition) is 4. The Hall–Kier alpha value is -1.61. The number of piperazine rings is 1. The molecule has 2 rings (SSSR count). The number of rotatable bonds is 5. The lowest BCUT2D eigenvalue weighted by Crippen LogP contribution is -2.51. The molecule has 0 saturated carbocycles. The van der Waals surface area contributed by atoms with Gasteiger partial charge in [-0.15, -0.1) is 0 Å². The van der Waals surface area contributed by atoms with Crippen LogP contribution in [0.5, 0.6) is 0 Å². The lowest BCUT2D eigenvalue weighted by atomic mass is 10.3. The van der Waals surface area contributed by atoms with Crippen molar-refractivity contribution in [3.63, 3.8) is 0 Å². The predicted molar refractivity (Wildman–Crippen MR) is 82.2 cm³/mol. The van der Waals surface area contributed by atoms with Gasteiger partial charge in [-0.05, 0) is 12.1 Å². The average Bonchev–Trinajstić information content (AvgIpc) is 2.53. The molecule has 1 aliphatic rings. The van der Waals surface area contributed by atoms with E-state index in [1.165, 1.54) is 21.9 Å². The third kappa shape index (κ3) is 5.48. The van der Waals surface area contributed by atoms with Crippen LogP contribution >= 0.6 is 0 Å². The van der Waals surface area contributed by atoms with E-state index in [1.54, 1.807) is 18.2 Å². The van der Waals surface area contributed by atoms with Gasteiger partial charge in [0.1, 0.15) is 0 Å². The minimum absolute atomic E-state index is 0.136. The molecule has 0 bridgehead atoms. The van der Waals surface area contributed by atoms with E-state index in [1.807, 2.05) is 0 Å². The molecule has 1 aliphatic heterocycles. The molecular formula is C15H19F3N2O3S. The van der Waals surface area contributed by atoms with E-state index in [-0.39, 0.29) is 49.2 Å². The molecule has 1 aromatic rings. The van der Waals surface area contributed by atoms with E-state index >= 15 is 0 Å². The number of carbonyl (C=O) groups excluding carboxylic acids is 1. The van der Waals surface area contributed by atoms with Gasteiger partial charge < -0.3 is 4.90 Å². The molecule has 1 aromatic carbocycles. The van der Waals surface area contributed by atoms with Crippen LogP contribution in [0.4, 0.5) is 13.2 Å². The first-order valence-corrected chi connectivity index (χ1v) is 9.17. The second kappa shape index (κ2) is 7.52. The van der Waals surface area contributed by atoms with Crippen molar-refractivity contribution in [2.45, 2.75) is 17.5 Å². The predicted octanol–water partition coefficient (Wildman–Crippen LogP) is 1.56. The summed E-state index contributed by atoms with van der Waals surface area (Å²) < 4.78 is 61.2. The molecule has 1 amide bonds. The summed E-state index contributed by atoms with van der Waals surface area (Å²) in [6, 6.07) is 7.85. The zero-order valence-corrected chi connectivity index (χ0v) is 13.8. The van der Waals surface area contributed by atoms with Crippen molar-refractivity contribution < 1.29 is 26.4 Å². The maximum atomic E-state index is 12.3. The molecule has 0 aromatic heterocycles. The van der Waals surface area contributed by atoms with Crippen molar-refractivity contribution in [1.82, 2.24) is 9.80 Å². The van der Waals surface area contributed by atoms with E-state index in [2.05, 4.69) is 0 Å². The molecule has 5 nitrogen and oxygen atoms in total. The zero-order valence-electron chi connectivity index (χ0n) is 13.0. The van der Waals surface area contributed by atoms with Gasteiger partial charge in [-0.1, -0.05) is 18.2 Å². The minimum Gasteiger partial charge on any atom is -0.340 e. The maximum Gasteiger partial charge on any atom is 0.401 e. The van der Waals surface area contributed by atoms with Gasteiger partial charge in [0.25, 0.3) is 0 Å². The van der Waals surface area contributed by atoms with Crippen LogP contribution in [0.25, 0.3) is 0 Å². The van der Waals surface area contributed by atoms with Crippen LogP contribution in [0, 0.1) is 0 Å². The molecule has 1 fully saturated rings. The Balaban J connectivity index is 1.82. The molecule has 9 heteroatoms. The SMILES string of the molecule is O=C(CCS(=O)(=O)c1ccccc1)N1CCN(CC(F)(F)F)CC1. The summed E-state index contributed by atoms with van der Waals surface area (Å²) in [5.74, 6) is -0.653. The molecule has 0 atom stereocenters. The smallest absolute Gasteiger partial charge is 0.340 e. The van der Waals surface area contributed by atoms with Crippen LogP contribution < -0.4 is 0 Å². The van der Waals surface area contributed by atoms with Crippen molar-refractivity contribution in [2.75, 3.05) is 38.5 Å². The highest BCUT2D eigenvalue weighted by atomic mass is 32.2. The van der Waals surface area contributed by atoms with Gasteiger partial charge in [-0.2, -0.15) is 13.2 Å². The molecule has 0 spiro atoms. The zero-order chi connectivity index (χ0) is 17.8. The van der Waals surface area contributed by atoms with Crippen LogP contribution in [0.15, 0.2) is 35.2 Å². The number of alkyl halides is 3. The van der Waals surface area contributed by atoms with E-state index in [0.29, 0.717) is 0 Å². The van der Waals surface area contributed by atoms with Crippen LogP contribution in [0.2, 0.25) is 0 Å². The first kappa shape index (κ1) is 18.7. The number of hydrogen-bond donors (Lipinski definition) is 0. The third-order valence-electron chi connectivity index (χ3n) is 3.81. The average molecular weight is 364 g/mol. The summed E-state index contributed by atoms with van der Waals surface area (Å²) in [5.41, 5.74) is 0. The van der Waals surface area contributed by atoms with Crippen molar-refractivity contribution in [2.24, 2.45) is 0 Å². The van der Waals surface area contributed by atoms with Crippen LogP contribution in [0.3, 0.4) is 0 Å². The molecule has 1 saturated heterocycles. The summed E-state index contributed by atoms with van der Waals surface area (Å²) >= 11 is 0. The second-order valence-corrected chi connectivity index (χ2v) is 7.76. The van der Waals surface area contributed by atoms with E-state index in [0.717, 1.165) is 0 Å². The van der Waals surface area contributed by atoms with Gasteiger partial charge in [-0.3, -0.25) is 9.69 Å². The Kier molecular flexibility index (Phi) is 5.87. The van der Waals surface area contributed by atoms with E-state index < -0.39 is 22.6 Å². The standard InChI is InChI=1S/C15H19F3N2O3S/c16-15(17,18)12-19-7-9-20(10-8-19)14(21)6-11-24(22,23)13-4-2-1-3-5-13/h1-5H,6-12H2. The Morgan fingerprint density at radius 1 is 1.04 bits per heavy atom. The number of benzene rings is 1.